The molecule has 0 radical (unpaired) electrons. The molecule has 1 aromatic carbocycles. The van der Waals surface area contributed by atoms with Crippen LogP contribution in [0.5, 0.6) is 0 Å². The molecule has 0 atom stereocenters. The molecule has 18 heavy (non-hydrogen) atoms. The number of rotatable bonds is 5. The van der Waals surface area contributed by atoms with Gasteiger partial charge in [-0.3, -0.25) is 10.1 Å². The maximum absolute atomic E-state index is 10.6. The van der Waals surface area contributed by atoms with Crippen molar-refractivity contribution < 1.29 is 4.92 Å². The minimum absolute atomic E-state index is 0.0425. The normalized spacial score (nSPS) is 14.3. The summed E-state index contributed by atoms with van der Waals surface area (Å²) in [5.41, 5.74) is 8.11. The van der Waals surface area contributed by atoms with Crippen LogP contribution < -0.4 is 11.1 Å². The van der Waals surface area contributed by atoms with Gasteiger partial charge in [0.2, 0.25) is 0 Å². The van der Waals surface area contributed by atoms with Gasteiger partial charge in [-0.1, -0.05) is 11.6 Å². The smallest absolute Gasteiger partial charge is 0.292 e. The Hall–Kier alpha value is -2.04. The minimum atomic E-state index is -0.470. The molecule has 0 spiro atoms. The molecule has 3 N–H and O–H groups in total. The summed E-state index contributed by atoms with van der Waals surface area (Å²) >= 11 is 0. The molecule has 5 heteroatoms. The molecule has 0 bridgehead atoms. The van der Waals surface area contributed by atoms with Crippen molar-refractivity contribution in [3.63, 3.8) is 0 Å². The van der Waals surface area contributed by atoms with Gasteiger partial charge in [0.15, 0.2) is 0 Å². The average molecular weight is 247 g/mol. The van der Waals surface area contributed by atoms with E-state index in [1.807, 2.05) is 0 Å². The lowest BCUT2D eigenvalue weighted by atomic mass is 10.1. The van der Waals surface area contributed by atoms with Gasteiger partial charge in [0.25, 0.3) is 5.69 Å². The Labute approximate surface area is 106 Å². The minimum Gasteiger partial charge on any atom is -0.393 e. The first-order valence-corrected chi connectivity index (χ1v) is 6.12. The van der Waals surface area contributed by atoms with Crippen LogP contribution in [0.25, 0.3) is 0 Å². The van der Waals surface area contributed by atoms with E-state index in [2.05, 4.69) is 11.4 Å². The van der Waals surface area contributed by atoms with Gasteiger partial charge in [0.1, 0.15) is 5.69 Å². The number of hydrogen-bond donors (Lipinski definition) is 2. The van der Waals surface area contributed by atoms with E-state index >= 15 is 0 Å². The monoisotopic (exact) mass is 247 g/mol. The van der Waals surface area contributed by atoms with Crippen LogP contribution in [-0.2, 0) is 0 Å². The number of anilines is 2. The van der Waals surface area contributed by atoms with Crippen LogP contribution in [0.4, 0.5) is 17.1 Å². The summed E-state index contributed by atoms with van der Waals surface area (Å²) in [6.07, 6.45) is 6.98. The number of nitro groups is 1. The molecule has 0 saturated carbocycles. The van der Waals surface area contributed by atoms with Gasteiger partial charge in [-0.2, -0.15) is 0 Å². The van der Waals surface area contributed by atoms with Crippen LogP contribution in [0.3, 0.4) is 0 Å². The fraction of sp³-hybridized carbons (Fsp3) is 0.385. The molecule has 5 nitrogen and oxygen atoms in total. The van der Waals surface area contributed by atoms with Gasteiger partial charge in [0.05, 0.1) is 4.92 Å². The highest BCUT2D eigenvalue weighted by Gasteiger charge is 2.11. The zero-order valence-corrected chi connectivity index (χ0v) is 10.2. The molecule has 0 saturated heterocycles. The van der Waals surface area contributed by atoms with Crippen molar-refractivity contribution in [2.45, 2.75) is 25.7 Å². The van der Waals surface area contributed by atoms with Crippen molar-refractivity contribution >= 4 is 17.1 Å². The van der Waals surface area contributed by atoms with Crippen molar-refractivity contribution in [3.8, 4) is 0 Å². The molecule has 1 aromatic rings. The lowest BCUT2D eigenvalue weighted by Crippen LogP contribution is -2.03. The molecule has 0 amide bonds. The predicted molar refractivity (Wildman–Crippen MR) is 72.5 cm³/mol. The zero-order chi connectivity index (χ0) is 13.0. The van der Waals surface area contributed by atoms with Gasteiger partial charge in [-0.25, -0.2) is 0 Å². The van der Waals surface area contributed by atoms with Crippen LogP contribution >= 0.6 is 0 Å². The Balaban J connectivity index is 1.89. The van der Waals surface area contributed by atoms with Gasteiger partial charge in [0, 0.05) is 18.3 Å². The summed E-state index contributed by atoms with van der Waals surface area (Å²) in [6.45, 7) is 0.836. The molecule has 0 unspecified atom stereocenters. The number of nitrogens with one attached hydrogen (secondary N) is 1. The summed E-state index contributed by atoms with van der Waals surface area (Å²) in [5.74, 6) is 0. The number of nitrogen functional groups attached to an aromatic ring is 1. The molecule has 1 aliphatic carbocycles. The molecule has 0 heterocycles. The second-order valence-electron chi connectivity index (χ2n) is 4.46. The number of nitrogens with two attached hydrogens (primary N) is 1. The Morgan fingerprint density at radius 1 is 1.44 bits per heavy atom. The second-order valence-corrected chi connectivity index (χ2v) is 4.46. The third kappa shape index (κ3) is 3.00. The van der Waals surface area contributed by atoms with E-state index in [0.29, 0.717) is 0 Å². The number of nitrogens with zero attached hydrogens (tertiary/aromatic N) is 1. The van der Waals surface area contributed by atoms with Crippen LogP contribution in [0.2, 0.25) is 0 Å². The average Bonchev–Trinajstić information content (AvgIpc) is 2.81. The molecule has 0 aromatic heterocycles. The van der Waals surface area contributed by atoms with E-state index in [0.717, 1.165) is 18.7 Å². The second kappa shape index (κ2) is 5.53. The lowest BCUT2D eigenvalue weighted by molar-refractivity contribution is -0.383. The fourth-order valence-corrected chi connectivity index (χ4v) is 2.16. The van der Waals surface area contributed by atoms with Crippen LogP contribution in [0, 0.1) is 10.1 Å². The van der Waals surface area contributed by atoms with Crippen LogP contribution in [0.15, 0.2) is 29.8 Å². The highest BCUT2D eigenvalue weighted by atomic mass is 16.6. The first-order chi connectivity index (χ1) is 8.66. The van der Waals surface area contributed by atoms with Crippen LogP contribution in [0.1, 0.15) is 25.7 Å². The Bertz CT molecular complexity index is 483. The molecule has 0 aliphatic heterocycles. The third-order valence-electron chi connectivity index (χ3n) is 3.13. The number of benzene rings is 1. The van der Waals surface area contributed by atoms with Crippen molar-refractivity contribution in [3.05, 3.63) is 40.0 Å². The predicted octanol–water partition coefficient (Wildman–Crippen LogP) is 3.09. The van der Waals surface area contributed by atoms with Gasteiger partial charge in [-0.05, 0) is 37.8 Å². The Morgan fingerprint density at radius 2 is 2.28 bits per heavy atom. The molecular formula is C13H17N3O2. The first-order valence-electron chi connectivity index (χ1n) is 6.12. The molecule has 96 valence electrons. The highest BCUT2D eigenvalue weighted by Crippen LogP contribution is 2.25. The number of hydrogen-bond acceptors (Lipinski definition) is 4. The van der Waals surface area contributed by atoms with E-state index in [1.165, 1.54) is 30.9 Å². The molecule has 0 fully saturated rings. The number of nitro benzene ring substituents is 1. The fourth-order valence-electron chi connectivity index (χ4n) is 2.16. The quantitative estimate of drug-likeness (QED) is 0.362. The summed E-state index contributed by atoms with van der Waals surface area (Å²) in [6, 6.07) is 4.74. The van der Waals surface area contributed by atoms with Gasteiger partial charge < -0.3 is 11.1 Å². The zero-order valence-electron chi connectivity index (χ0n) is 10.2. The summed E-state index contributed by atoms with van der Waals surface area (Å²) in [5, 5.41) is 13.9. The summed E-state index contributed by atoms with van der Waals surface area (Å²) in [7, 11) is 0. The maximum atomic E-state index is 10.6. The van der Waals surface area contributed by atoms with Crippen molar-refractivity contribution in [2.75, 3.05) is 17.6 Å². The highest BCUT2D eigenvalue weighted by molar-refractivity contribution is 5.65. The van der Waals surface area contributed by atoms with Gasteiger partial charge >= 0.3 is 0 Å². The van der Waals surface area contributed by atoms with Crippen molar-refractivity contribution in [1.29, 1.82) is 0 Å². The van der Waals surface area contributed by atoms with Crippen LogP contribution in [-0.4, -0.2) is 11.5 Å². The first kappa shape index (κ1) is 12.4. The Morgan fingerprint density at radius 3 is 2.89 bits per heavy atom. The lowest BCUT2D eigenvalue weighted by Gasteiger charge is -2.07. The van der Waals surface area contributed by atoms with Crippen molar-refractivity contribution in [1.82, 2.24) is 0 Å². The van der Waals surface area contributed by atoms with Gasteiger partial charge in [-0.15, -0.1) is 0 Å². The Kier molecular flexibility index (Phi) is 3.82. The van der Waals surface area contributed by atoms with Crippen molar-refractivity contribution in [2.24, 2.45) is 0 Å². The van der Waals surface area contributed by atoms with E-state index in [-0.39, 0.29) is 11.4 Å². The standard InChI is InChI=1S/C13H17N3O2/c14-12-9-11(5-6-13(12)16(17)18)15-8-7-10-3-1-2-4-10/h3,5-6,9,15H,1-2,4,7-8,14H2. The van der Waals surface area contributed by atoms with E-state index < -0.39 is 4.92 Å². The topological polar surface area (TPSA) is 81.2 Å². The summed E-state index contributed by atoms with van der Waals surface area (Å²) in [4.78, 5) is 10.1. The maximum Gasteiger partial charge on any atom is 0.292 e. The van der Waals surface area contributed by atoms with E-state index in [1.54, 1.807) is 12.1 Å². The van der Waals surface area contributed by atoms with E-state index in [4.69, 9.17) is 5.73 Å². The molecule has 2 rings (SSSR count). The SMILES string of the molecule is Nc1cc(NCCC2=CCCC2)ccc1[N+](=O)[O-]. The third-order valence-corrected chi connectivity index (χ3v) is 3.13. The largest absolute Gasteiger partial charge is 0.393 e. The molecule has 1 aliphatic rings. The molecular weight excluding hydrogens is 230 g/mol. The number of allylic oxidation sites excluding steroid dienone is 1. The van der Waals surface area contributed by atoms with E-state index in [9.17, 15) is 10.1 Å². The summed E-state index contributed by atoms with van der Waals surface area (Å²) < 4.78 is 0.